The number of nitrogens with one attached hydrogen (secondary N) is 1. The molecule has 0 bridgehead atoms. The third kappa shape index (κ3) is 3.58. The van der Waals surface area contributed by atoms with Crippen molar-refractivity contribution >= 4 is 29.1 Å². The number of hydrogen-bond donors (Lipinski definition) is 3. The minimum atomic E-state index is -1.51. The molecule has 1 atom stereocenters. The highest BCUT2D eigenvalue weighted by Crippen LogP contribution is 2.57. The van der Waals surface area contributed by atoms with Gasteiger partial charge in [0.05, 0.1) is 11.1 Å². The first-order valence-electron chi connectivity index (χ1n) is 10.8. The van der Waals surface area contributed by atoms with Crippen LogP contribution in [0.15, 0.2) is 58.3 Å². The predicted molar refractivity (Wildman–Crippen MR) is 128 cm³/mol. The first kappa shape index (κ1) is 23.6. The molecule has 0 fully saturated rings. The molecule has 7 nitrogen and oxygen atoms in total. The lowest BCUT2D eigenvalue weighted by molar-refractivity contribution is -0.123. The number of ether oxygens (including phenoxy) is 1. The second-order valence-electron chi connectivity index (χ2n) is 8.47. The molecule has 0 amide bonds. The van der Waals surface area contributed by atoms with E-state index in [2.05, 4.69) is 5.32 Å². The maximum Gasteiger partial charge on any atom is 0.194 e. The Morgan fingerprint density at radius 2 is 1.79 bits per heavy atom. The second kappa shape index (κ2) is 8.68. The number of allylic oxidation sites excluding steroid dienone is 4. The lowest BCUT2D eigenvalue weighted by Gasteiger charge is -2.29. The molecule has 1 aliphatic carbocycles. The molecular weight excluding hydrogens is 454 g/mol. The van der Waals surface area contributed by atoms with E-state index in [1.54, 1.807) is 25.6 Å². The summed E-state index contributed by atoms with van der Waals surface area (Å²) in [5.41, 5.74) is -1.08. The SMILES string of the molecule is CC(=O)c1c(O)c(C)c(O)c2c1OC1=CC(=O)C(=C(C)NCCSc3ccccc3)C(=O)C12C. The Balaban J connectivity index is 1.69. The van der Waals surface area contributed by atoms with Gasteiger partial charge in [-0.1, -0.05) is 18.2 Å². The van der Waals surface area contributed by atoms with Gasteiger partial charge in [-0.2, -0.15) is 0 Å². The van der Waals surface area contributed by atoms with Gasteiger partial charge in [0.1, 0.15) is 34.0 Å². The molecule has 2 aromatic rings. The summed E-state index contributed by atoms with van der Waals surface area (Å²) in [7, 11) is 0. The Labute approximate surface area is 201 Å². The normalized spacial score (nSPS) is 20.3. The molecular formula is C26H25NO6S. The van der Waals surface area contributed by atoms with Crippen molar-refractivity contribution in [3.63, 3.8) is 0 Å². The summed E-state index contributed by atoms with van der Waals surface area (Å²) in [4.78, 5) is 40.0. The zero-order valence-corrected chi connectivity index (χ0v) is 20.1. The Morgan fingerprint density at radius 1 is 1.12 bits per heavy atom. The lowest BCUT2D eigenvalue weighted by atomic mass is 9.70. The molecule has 0 radical (unpaired) electrons. The van der Waals surface area contributed by atoms with Crippen LogP contribution in [-0.4, -0.2) is 39.9 Å². The van der Waals surface area contributed by atoms with E-state index in [1.165, 1.54) is 19.9 Å². The van der Waals surface area contributed by atoms with Gasteiger partial charge in [0.15, 0.2) is 17.3 Å². The van der Waals surface area contributed by atoms with Gasteiger partial charge in [-0.15, -0.1) is 11.8 Å². The van der Waals surface area contributed by atoms with E-state index >= 15 is 0 Å². The maximum atomic E-state index is 13.7. The maximum absolute atomic E-state index is 13.7. The zero-order chi connectivity index (χ0) is 24.8. The summed E-state index contributed by atoms with van der Waals surface area (Å²) in [6.07, 6.45) is 1.22. The van der Waals surface area contributed by atoms with Crippen LogP contribution in [0.4, 0.5) is 0 Å². The quantitative estimate of drug-likeness (QED) is 0.188. The largest absolute Gasteiger partial charge is 0.507 e. The van der Waals surface area contributed by atoms with Crippen molar-refractivity contribution in [3.05, 3.63) is 70.1 Å². The first-order valence-corrected chi connectivity index (χ1v) is 11.8. The Bertz CT molecular complexity index is 1290. The van der Waals surface area contributed by atoms with Crippen LogP contribution in [0, 0.1) is 6.92 Å². The molecule has 0 saturated carbocycles. The Hall–Kier alpha value is -3.52. The van der Waals surface area contributed by atoms with Gasteiger partial charge >= 0.3 is 0 Å². The average molecular weight is 480 g/mol. The van der Waals surface area contributed by atoms with Gasteiger partial charge in [0.25, 0.3) is 0 Å². The molecule has 1 heterocycles. The molecule has 1 unspecified atom stereocenters. The van der Waals surface area contributed by atoms with Gasteiger partial charge in [-0.05, 0) is 39.8 Å². The van der Waals surface area contributed by atoms with Crippen LogP contribution in [0.25, 0.3) is 0 Å². The van der Waals surface area contributed by atoms with Crippen molar-refractivity contribution in [1.29, 1.82) is 0 Å². The van der Waals surface area contributed by atoms with E-state index < -0.39 is 28.5 Å². The molecule has 176 valence electrons. The summed E-state index contributed by atoms with van der Waals surface area (Å²) < 4.78 is 5.77. The Morgan fingerprint density at radius 3 is 2.44 bits per heavy atom. The molecule has 2 aromatic carbocycles. The van der Waals surface area contributed by atoms with Crippen LogP contribution in [0.3, 0.4) is 0 Å². The van der Waals surface area contributed by atoms with Crippen molar-refractivity contribution in [2.75, 3.05) is 12.3 Å². The van der Waals surface area contributed by atoms with E-state index in [0.29, 0.717) is 12.2 Å². The molecule has 0 saturated heterocycles. The van der Waals surface area contributed by atoms with Crippen molar-refractivity contribution in [2.45, 2.75) is 38.0 Å². The summed E-state index contributed by atoms with van der Waals surface area (Å²) in [5, 5.41) is 24.4. The number of aromatic hydroxyl groups is 2. The molecule has 0 aromatic heterocycles. The Kier molecular flexibility index (Phi) is 6.03. The van der Waals surface area contributed by atoms with Gasteiger partial charge in [-0.25, -0.2) is 0 Å². The van der Waals surface area contributed by atoms with Gasteiger partial charge in [0.2, 0.25) is 0 Å². The fourth-order valence-electron chi connectivity index (χ4n) is 4.37. The minimum absolute atomic E-state index is 0.0245. The van der Waals surface area contributed by atoms with Crippen molar-refractivity contribution < 1.29 is 29.3 Å². The van der Waals surface area contributed by atoms with Gasteiger partial charge < -0.3 is 20.3 Å². The summed E-state index contributed by atoms with van der Waals surface area (Å²) in [6, 6.07) is 9.89. The van der Waals surface area contributed by atoms with E-state index in [0.717, 1.165) is 10.6 Å². The number of carbonyl (C=O) groups is 3. The number of carbonyl (C=O) groups excluding carboxylic acids is 3. The summed E-state index contributed by atoms with van der Waals surface area (Å²) >= 11 is 1.65. The second-order valence-corrected chi connectivity index (χ2v) is 9.64. The topological polar surface area (TPSA) is 113 Å². The lowest BCUT2D eigenvalue weighted by Crippen LogP contribution is -2.41. The number of phenols is 2. The van der Waals surface area contributed by atoms with Crippen molar-refractivity contribution in [1.82, 2.24) is 5.32 Å². The van der Waals surface area contributed by atoms with Crippen molar-refractivity contribution in [2.24, 2.45) is 0 Å². The highest BCUT2D eigenvalue weighted by molar-refractivity contribution is 7.99. The molecule has 4 rings (SSSR count). The predicted octanol–water partition coefficient (Wildman–Crippen LogP) is 3.95. The van der Waals surface area contributed by atoms with Crippen molar-refractivity contribution in [3.8, 4) is 17.2 Å². The molecule has 34 heavy (non-hydrogen) atoms. The number of thioether (sulfide) groups is 1. The fraction of sp³-hybridized carbons (Fsp3) is 0.269. The van der Waals surface area contributed by atoms with Crippen LogP contribution in [0.2, 0.25) is 0 Å². The fourth-order valence-corrected chi connectivity index (χ4v) is 5.16. The third-order valence-corrected chi connectivity index (χ3v) is 7.28. The number of benzene rings is 2. The number of Topliss-reactive ketones (excluding diaryl/α,β-unsaturated/α-hetero) is 2. The van der Waals surface area contributed by atoms with Crippen LogP contribution in [0.5, 0.6) is 17.2 Å². The smallest absolute Gasteiger partial charge is 0.194 e. The molecule has 8 heteroatoms. The highest BCUT2D eigenvalue weighted by Gasteiger charge is 2.56. The first-order chi connectivity index (χ1) is 16.1. The van der Waals surface area contributed by atoms with Crippen LogP contribution >= 0.6 is 11.8 Å². The minimum Gasteiger partial charge on any atom is -0.507 e. The molecule has 1 aliphatic heterocycles. The molecule has 2 aliphatic rings. The highest BCUT2D eigenvalue weighted by atomic mass is 32.2. The number of fused-ring (bicyclic) bond motifs is 3. The molecule has 0 spiro atoms. The van der Waals surface area contributed by atoms with E-state index in [1.807, 2.05) is 30.3 Å². The standard InChI is InChI=1S/C26H25NO6S/c1-13-22(30)20(15(3)28)24-21(23(13)31)26(4)18(33-24)12-17(29)19(25(26)32)14(2)27-10-11-34-16-8-6-5-7-9-16/h5-9,12,27,30-31H,10-11H2,1-4H3. The van der Waals surface area contributed by atoms with E-state index in [9.17, 15) is 24.6 Å². The number of ketones is 3. The number of hydrogen-bond acceptors (Lipinski definition) is 8. The van der Waals surface area contributed by atoms with Crippen LogP contribution < -0.4 is 10.1 Å². The average Bonchev–Trinajstić information content (AvgIpc) is 3.09. The zero-order valence-electron chi connectivity index (χ0n) is 19.3. The monoisotopic (exact) mass is 479 g/mol. The number of rotatable bonds is 6. The van der Waals surface area contributed by atoms with Gasteiger partial charge in [0, 0.05) is 34.5 Å². The molecule has 3 N–H and O–H groups in total. The number of phenolic OH excluding ortho intramolecular Hbond substituents is 2. The summed E-state index contributed by atoms with van der Waals surface area (Å²) in [6.45, 7) is 6.46. The third-order valence-electron chi connectivity index (χ3n) is 6.26. The van der Waals surface area contributed by atoms with E-state index in [-0.39, 0.29) is 39.5 Å². The van der Waals surface area contributed by atoms with E-state index in [4.69, 9.17) is 4.74 Å². The van der Waals surface area contributed by atoms with Crippen LogP contribution in [0.1, 0.15) is 42.3 Å². The van der Waals surface area contributed by atoms with Crippen LogP contribution in [-0.2, 0) is 15.0 Å². The van der Waals surface area contributed by atoms with Gasteiger partial charge in [-0.3, -0.25) is 14.4 Å². The summed E-state index contributed by atoms with van der Waals surface area (Å²) in [5.74, 6) is -1.62.